The number of hydrogen-bond donors (Lipinski definition) is 1. The standard InChI is InChI=1S/C26H16Br2F7N3O3/c1-38(23(40)14-8-6-13(12-36)7-9-14)19-5-3-4-16(21(19)41-2)22(39)37-20-17(27)10-15(11-18(20)28)24(29,25(30,31)32)26(33,34)35/h3-11H,1-2H3,(H,37,39). The number of ether oxygens (including phenoxy) is 1. The minimum Gasteiger partial charge on any atom is -0.494 e. The summed E-state index contributed by atoms with van der Waals surface area (Å²) < 4.78 is 98.2. The highest BCUT2D eigenvalue weighted by Gasteiger charge is 2.73. The summed E-state index contributed by atoms with van der Waals surface area (Å²) in [7, 11) is 2.61. The Morgan fingerprint density at radius 1 is 0.927 bits per heavy atom. The van der Waals surface area contributed by atoms with Gasteiger partial charge in [0.2, 0.25) is 0 Å². The molecule has 216 valence electrons. The van der Waals surface area contributed by atoms with Crippen molar-refractivity contribution in [3.05, 3.63) is 85.8 Å². The van der Waals surface area contributed by atoms with Crippen molar-refractivity contribution < 1.29 is 45.1 Å². The molecule has 0 bridgehead atoms. The van der Waals surface area contributed by atoms with Crippen LogP contribution in [0.3, 0.4) is 0 Å². The lowest BCUT2D eigenvalue weighted by atomic mass is 9.94. The average molecular weight is 711 g/mol. The first-order valence-corrected chi connectivity index (χ1v) is 12.6. The molecule has 0 saturated carbocycles. The van der Waals surface area contributed by atoms with Crippen molar-refractivity contribution in [2.45, 2.75) is 18.0 Å². The summed E-state index contributed by atoms with van der Waals surface area (Å²) in [6.45, 7) is 0. The van der Waals surface area contributed by atoms with Crippen molar-refractivity contribution >= 4 is 55.0 Å². The van der Waals surface area contributed by atoms with Crippen LogP contribution in [-0.2, 0) is 5.67 Å². The molecular weight excluding hydrogens is 695 g/mol. The molecule has 3 rings (SSSR count). The summed E-state index contributed by atoms with van der Waals surface area (Å²) >= 11 is 5.61. The molecule has 0 aliphatic heterocycles. The van der Waals surface area contributed by atoms with Crippen LogP contribution in [-0.4, -0.2) is 38.3 Å². The topological polar surface area (TPSA) is 82.4 Å². The zero-order valence-corrected chi connectivity index (χ0v) is 23.9. The average Bonchev–Trinajstić information content (AvgIpc) is 2.91. The van der Waals surface area contributed by atoms with Gasteiger partial charge in [-0.1, -0.05) is 6.07 Å². The van der Waals surface area contributed by atoms with E-state index in [0.717, 1.165) is 0 Å². The van der Waals surface area contributed by atoms with Gasteiger partial charge in [-0.3, -0.25) is 9.59 Å². The lowest BCUT2D eigenvalue weighted by Crippen LogP contribution is -2.50. The summed E-state index contributed by atoms with van der Waals surface area (Å²) in [5.41, 5.74) is -7.22. The van der Waals surface area contributed by atoms with Crippen LogP contribution in [0.25, 0.3) is 0 Å². The van der Waals surface area contributed by atoms with Crippen molar-refractivity contribution in [1.82, 2.24) is 0 Å². The Hall–Kier alpha value is -3.64. The SMILES string of the molecule is COc1c(C(=O)Nc2c(Br)cc(C(F)(C(F)(F)F)C(F)(F)F)cc2Br)cccc1N(C)C(=O)c1ccc(C#N)cc1. The van der Waals surface area contributed by atoms with Gasteiger partial charge < -0.3 is 15.0 Å². The van der Waals surface area contributed by atoms with E-state index in [2.05, 4.69) is 37.2 Å². The molecule has 0 aliphatic carbocycles. The zero-order chi connectivity index (χ0) is 30.9. The van der Waals surface area contributed by atoms with Gasteiger partial charge in [-0.25, -0.2) is 4.39 Å². The molecule has 0 saturated heterocycles. The number of anilines is 2. The van der Waals surface area contributed by atoms with Crippen molar-refractivity contribution in [2.24, 2.45) is 0 Å². The minimum atomic E-state index is -6.33. The number of rotatable bonds is 6. The number of benzene rings is 3. The van der Waals surface area contributed by atoms with Crippen LogP contribution in [0.5, 0.6) is 5.75 Å². The summed E-state index contributed by atoms with van der Waals surface area (Å²) in [5.74, 6) is -1.53. The molecule has 1 N–H and O–H groups in total. The maximum atomic E-state index is 14.6. The maximum Gasteiger partial charge on any atom is 0.435 e. The van der Waals surface area contributed by atoms with Crippen LogP contribution < -0.4 is 15.0 Å². The molecule has 0 aromatic heterocycles. The van der Waals surface area contributed by atoms with E-state index >= 15 is 0 Å². The van der Waals surface area contributed by atoms with Crippen molar-refractivity contribution in [2.75, 3.05) is 24.4 Å². The van der Waals surface area contributed by atoms with E-state index in [4.69, 9.17) is 10.00 Å². The molecule has 15 heteroatoms. The minimum absolute atomic E-state index is 0.0877. The first kappa shape index (κ1) is 31.9. The quantitative estimate of drug-likeness (QED) is 0.264. The van der Waals surface area contributed by atoms with Gasteiger partial charge in [0.25, 0.3) is 11.8 Å². The fourth-order valence-corrected chi connectivity index (χ4v) is 5.12. The summed E-state index contributed by atoms with van der Waals surface area (Å²) in [4.78, 5) is 27.4. The third kappa shape index (κ3) is 6.03. The number of methoxy groups -OCH3 is 1. The number of hydrogen-bond acceptors (Lipinski definition) is 4. The van der Waals surface area contributed by atoms with Gasteiger partial charge in [0.15, 0.2) is 5.75 Å². The lowest BCUT2D eigenvalue weighted by molar-refractivity contribution is -0.348. The zero-order valence-electron chi connectivity index (χ0n) is 20.7. The first-order valence-electron chi connectivity index (χ1n) is 11.1. The molecule has 0 atom stereocenters. The molecule has 3 aromatic carbocycles. The fourth-order valence-electron chi connectivity index (χ4n) is 3.73. The Morgan fingerprint density at radius 3 is 1.93 bits per heavy atom. The molecular formula is C26H16Br2F7N3O3. The first-order chi connectivity index (χ1) is 19.0. The highest BCUT2D eigenvalue weighted by atomic mass is 79.9. The molecule has 0 fully saturated rings. The highest BCUT2D eigenvalue weighted by molar-refractivity contribution is 9.11. The second kappa shape index (κ2) is 11.7. The van der Waals surface area contributed by atoms with Crippen LogP contribution in [0, 0.1) is 11.3 Å². The second-order valence-electron chi connectivity index (χ2n) is 8.33. The number of nitrogens with zero attached hydrogens (tertiary/aromatic N) is 2. The number of carbonyl (C=O) groups is 2. The number of para-hydroxylation sites is 1. The van der Waals surface area contributed by atoms with E-state index in [9.17, 15) is 40.3 Å². The fraction of sp³-hybridized carbons (Fsp3) is 0.192. The Balaban J connectivity index is 1.98. The molecule has 0 aliphatic rings. The lowest BCUT2D eigenvalue weighted by Gasteiger charge is -2.31. The van der Waals surface area contributed by atoms with Gasteiger partial charge in [-0.05, 0) is 80.4 Å². The van der Waals surface area contributed by atoms with Crippen LogP contribution in [0.2, 0.25) is 0 Å². The van der Waals surface area contributed by atoms with E-state index in [1.54, 1.807) is 0 Å². The van der Waals surface area contributed by atoms with Gasteiger partial charge in [-0.15, -0.1) is 0 Å². The van der Waals surface area contributed by atoms with Crippen molar-refractivity contribution in [3.8, 4) is 11.8 Å². The third-order valence-corrected chi connectivity index (χ3v) is 7.08. The molecule has 41 heavy (non-hydrogen) atoms. The smallest absolute Gasteiger partial charge is 0.435 e. The van der Waals surface area contributed by atoms with Crippen LogP contribution >= 0.6 is 31.9 Å². The van der Waals surface area contributed by atoms with Crippen molar-refractivity contribution in [3.63, 3.8) is 0 Å². The molecule has 3 aromatic rings. The Morgan fingerprint density at radius 2 is 1.46 bits per heavy atom. The molecule has 0 spiro atoms. The normalized spacial score (nSPS) is 12.0. The number of nitrogens with one attached hydrogen (secondary N) is 1. The van der Waals surface area contributed by atoms with E-state index in [1.807, 2.05) is 6.07 Å². The number of nitriles is 1. The molecule has 6 nitrogen and oxygen atoms in total. The van der Waals surface area contributed by atoms with Crippen LogP contribution in [0.1, 0.15) is 31.8 Å². The monoisotopic (exact) mass is 709 g/mol. The molecule has 0 heterocycles. The molecule has 2 amide bonds. The largest absolute Gasteiger partial charge is 0.494 e. The Labute approximate surface area is 244 Å². The summed E-state index contributed by atoms with van der Waals surface area (Å²) in [5, 5.41) is 11.3. The van der Waals surface area contributed by atoms with Gasteiger partial charge in [0, 0.05) is 27.1 Å². The van der Waals surface area contributed by atoms with Gasteiger partial charge >= 0.3 is 18.0 Å². The predicted molar refractivity (Wildman–Crippen MR) is 142 cm³/mol. The van der Waals surface area contributed by atoms with E-state index in [-0.39, 0.29) is 40.4 Å². The van der Waals surface area contributed by atoms with Gasteiger partial charge in [0.05, 0.1) is 35.7 Å². The second-order valence-corrected chi connectivity index (χ2v) is 10.0. The van der Waals surface area contributed by atoms with Gasteiger partial charge in [0.1, 0.15) is 0 Å². The molecule has 0 unspecified atom stereocenters. The number of halogens is 9. The van der Waals surface area contributed by atoms with Gasteiger partial charge in [-0.2, -0.15) is 31.6 Å². The summed E-state index contributed by atoms with van der Waals surface area (Å²) in [6, 6.07) is 12.4. The summed E-state index contributed by atoms with van der Waals surface area (Å²) in [6.07, 6.45) is -12.7. The van der Waals surface area contributed by atoms with E-state index in [0.29, 0.717) is 5.56 Å². The number of alkyl halides is 7. The highest BCUT2D eigenvalue weighted by Crippen LogP contribution is 2.54. The Kier molecular flexibility index (Phi) is 9.09. The predicted octanol–water partition coefficient (Wildman–Crippen LogP) is 7.91. The van der Waals surface area contributed by atoms with E-state index < -0.39 is 44.3 Å². The third-order valence-electron chi connectivity index (χ3n) is 5.83. The van der Waals surface area contributed by atoms with E-state index in [1.165, 1.54) is 61.5 Å². The van der Waals surface area contributed by atoms with Crippen molar-refractivity contribution in [1.29, 1.82) is 5.26 Å². The molecule has 0 radical (unpaired) electrons. The Bertz CT molecular complexity index is 1500. The maximum absolute atomic E-state index is 14.6. The van der Waals surface area contributed by atoms with Crippen LogP contribution in [0.4, 0.5) is 42.1 Å². The van der Waals surface area contributed by atoms with Crippen LogP contribution in [0.15, 0.2) is 63.5 Å². The number of amides is 2. The number of carbonyl (C=O) groups excluding carboxylic acids is 2.